The third kappa shape index (κ3) is 4.18. The molecule has 4 rings (SSSR count). The fourth-order valence-corrected chi connectivity index (χ4v) is 4.41. The number of amides is 1. The molecule has 3 fully saturated rings. The molecule has 0 bridgehead atoms. The predicted molar refractivity (Wildman–Crippen MR) is 98.1 cm³/mol. The van der Waals surface area contributed by atoms with E-state index < -0.39 is 0 Å². The van der Waals surface area contributed by atoms with E-state index in [9.17, 15) is 4.79 Å². The summed E-state index contributed by atoms with van der Waals surface area (Å²) in [6.45, 7) is 4.58. The van der Waals surface area contributed by atoms with E-state index in [4.69, 9.17) is 4.74 Å². The number of hydrogen-bond acceptors (Lipinski definition) is 4. The molecule has 140 valence electrons. The van der Waals surface area contributed by atoms with Crippen molar-refractivity contribution in [2.45, 2.75) is 56.6 Å². The number of ether oxygens (including phenoxy) is 1. The van der Waals surface area contributed by atoms with Crippen LogP contribution >= 0.6 is 12.4 Å². The van der Waals surface area contributed by atoms with E-state index in [0.29, 0.717) is 25.6 Å². The van der Waals surface area contributed by atoms with Crippen LogP contribution in [0, 0.1) is 0 Å². The maximum atomic E-state index is 12.7. The lowest BCUT2D eigenvalue weighted by Gasteiger charge is -2.40. The van der Waals surface area contributed by atoms with E-state index in [1.54, 1.807) is 0 Å². The Morgan fingerprint density at radius 2 is 2.20 bits per heavy atom. The smallest absolute Gasteiger partial charge is 0.244 e. The van der Waals surface area contributed by atoms with Crippen LogP contribution in [0.25, 0.3) is 0 Å². The Morgan fingerprint density at radius 1 is 1.36 bits per heavy atom. The quantitative estimate of drug-likeness (QED) is 0.885. The van der Waals surface area contributed by atoms with Crippen molar-refractivity contribution in [2.24, 2.45) is 0 Å². The lowest BCUT2D eigenvalue weighted by atomic mass is 9.97. The lowest BCUT2D eigenvalue weighted by Crippen LogP contribution is -2.53. The molecule has 1 atom stereocenters. The predicted octanol–water partition coefficient (Wildman–Crippen LogP) is 1.94. The molecule has 1 spiro atoms. The van der Waals surface area contributed by atoms with E-state index in [1.807, 2.05) is 15.8 Å². The highest BCUT2D eigenvalue weighted by Gasteiger charge is 2.40. The molecular formula is C18H29ClN4O2. The van der Waals surface area contributed by atoms with Gasteiger partial charge in [-0.1, -0.05) is 12.8 Å². The van der Waals surface area contributed by atoms with Gasteiger partial charge in [-0.3, -0.25) is 9.48 Å². The Hall–Kier alpha value is -1.11. The van der Waals surface area contributed by atoms with Crippen molar-refractivity contribution in [1.82, 2.24) is 20.0 Å². The van der Waals surface area contributed by atoms with Crippen molar-refractivity contribution in [2.75, 3.05) is 32.8 Å². The number of nitrogens with zero attached hydrogens (tertiary/aromatic N) is 3. The van der Waals surface area contributed by atoms with Crippen molar-refractivity contribution in [3.05, 3.63) is 18.0 Å². The number of piperidine rings is 1. The largest absolute Gasteiger partial charge is 0.371 e. The number of rotatable bonds is 3. The Kier molecular flexibility index (Phi) is 6.02. The summed E-state index contributed by atoms with van der Waals surface area (Å²) in [4.78, 5) is 14.7. The third-order valence-electron chi connectivity index (χ3n) is 5.79. The van der Waals surface area contributed by atoms with Gasteiger partial charge in [0.05, 0.1) is 17.9 Å². The van der Waals surface area contributed by atoms with Crippen LogP contribution in [0.3, 0.4) is 0 Å². The first kappa shape index (κ1) is 18.7. The third-order valence-corrected chi connectivity index (χ3v) is 5.79. The summed E-state index contributed by atoms with van der Waals surface area (Å²) in [5.41, 5.74) is 1.06. The number of nitrogens with one attached hydrogen (secondary N) is 1. The van der Waals surface area contributed by atoms with E-state index in [2.05, 4.69) is 16.5 Å². The highest BCUT2D eigenvalue weighted by atomic mass is 35.5. The summed E-state index contributed by atoms with van der Waals surface area (Å²) in [5, 5.41) is 8.08. The summed E-state index contributed by atoms with van der Waals surface area (Å²) in [6, 6.07) is 2.07. The van der Waals surface area contributed by atoms with Crippen molar-refractivity contribution in [3.8, 4) is 0 Å². The second-order valence-electron chi connectivity index (χ2n) is 7.54. The lowest BCUT2D eigenvalue weighted by molar-refractivity contribution is -0.150. The number of aromatic nitrogens is 2. The minimum atomic E-state index is -0.0586. The van der Waals surface area contributed by atoms with Gasteiger partial charge in [0, 0.05) is 31.7 Å². The molecule has 1 amide bonds. The molecule has 6 nitrogen and oxygen atoms in total. The van der Waals surface area contributed by atoms with Crippen LogP contribution in [-0.2, 0) is 16.1 Å². The van der Waals surface area contributed by atoms with Crippen LogP contribution in [0.4, 0.5) is 0 Å². The van der Waals surface area contributed by atoms with Crippen LogP contribution in [0.15, 0.2) is 12.3 Å². The first-order valence-corrected chi connectivity index (χ1v) is 9.40. The monoisotopic (exact) mass is 368 g/mol. The Morgan fingerprint density at radius 3 is 2.96 bits per heavy atom. The molecular weight excluding hydrogens is 340 g/mol. The Bertz CT molecular complexity index is 579. The molecule has 0 aromatic carbocycles. The van der Waals surface area contributed by atoms with E-state index in [-0.39, 0.29) is 23.9 Å². The first-order chi connectivity index (χ1) is 11.7. The first-order valence-electron chi connectivity index (χ1n) is 9.40. The van der Waals surface area contributed by atoms with E-state index in [0.717, 1.165) is 38.2 Å². The van der Waals surface area contributed by atoms with Crippen molar-refractivity contribution < 1.29 is 9.53 Å². The molecule has 0 radical (unpaired) electrons. The van der Waals surface area contributed by atoms with Gasteiger partial charge in [-0.15, -0.1) is 12.4 Å². The fourth-order valence-electron chi connectivity index (χ4n) is 4.41. The van der Waals surface area contributed by atoms with Gasteiger partial charge < -0.3 is 15.0 Å². The average Bonchev–Trinajstić information content (AvgIpc) is 3.26. The molecule has 25 heavy (non-hydrogen) atoms. The Balaban J connectivity index is 0.00000182. The Labute approximate surface area is 155 Å². The molecule has 1 saturated carbocycles. The SMILES string of the molecule is Cl.O=C(Cn1ccc(C2CCCNC2)n1)N1CCOC2(CCCC2)C1. The zero-order valence-electron chi connectivity index (χ0n) is 14.8. The zero-order chi connectivity index (χ0) is 16.4. The van der Waals surface area contributed by atoms with Gasteiger partial charge in [0.25, 0.3) is 0 Å². The maximum absolute atomic E-state index is 12.7. The number of morpholine rings is 1. The van der Waals surface area contributed by atoms with Gasteiger partial charge in [0.15, 0.2) is 0 Å². The van der Waals surface area contributed by atoms with Gasteiger partial charge in [-0.05, 0) is 38.3 Å². The molecule has 1 N–H and O–H groups in total. The molecule has 1 unspecified atom stereocenters. The normalized spacial score (nSPS) is 25.8. The minimum Gasteiger partial charge on any atom is -0.371 e. The molecule has 3 aliphatic rings. The number of carbonyl (C=O) groups is 1. The summed E-state index contributed by atoms with van der Waals surface area (Å²) in [6.07, 6.45) is 8.97. The van der Waals surface area contributed by atoms with Crippen molar-refractivity contribution >= 4 is 18.3 Å². The summed E-state index contributed by atoms with van der Waals surface area (Å²) >= 11 is 0. The van der Waals surface area contributed by atoms with Gasteiger partial charge in [-0.25, -0.2) is 0 Å². The number of carbonyl (C=O) groups excluding carboxylic acids is 1. The van der Waals surface area contributed by atoms with Crippen LogP contribution < -0.4 is 5.32 Å². The van der Waals surface area contributed by atoms with E-state index >= 15 is 0 Å². The molecule has 3 heterocycles. The molecule has 2 saturated heterocycles. The fraction of sp³-hybridized carbons (Fsp3) is 0.778. The zero-order valence-corrected chi connectivity index (χ0v) is 15.6. The van der Waals surface area contributed by atoms with Gasteiger partial charge in [0.2, 0.25) is 5.91 Å². The topological polar surface area (TPSA) is 59.4 Å². The average molecular weight is 369 g/mol. The summed E-state index contributed by atoms with van der Waals surface area (Å²) in [5.74, 6) is 0.654. The maximum Gasteiger partial charge on any atom is 0.244 e. The van der Waals surface area contributed by atoms with Gasteiger partial charge >= 0.3 is 0 Å². The van der Waals surface area contributed by atoms with Crippen LogP contribution in [0.1, 0.15) is 50.1 Å². The number of hydrogen-bond donors (Lipinski definition) is 1. The number of halogens is 1. The highest BCUT2D eigenvalue weighted by Crippen LogP contribution is 2.35. The van der Waals surface area contributed by atoms with Gasteiger partial charge in [-0.2, -0.15) is 5.10 Å². The minimum absolute atomic E-state index is 0. The summed E-state index contributed by atoms with van der Waals surface area (Å²) < 4.78 is 7.83. The van der Waals surface area contributed by atoms with Gasteiger partial charge in [0.1, 0.15) is 6.54 Å². The van der Waals surface area contributed by atoms with Crippen molar-refractivity contribution in [3.63, 3.8) is 0 Å². The van der Waals surface area contributed by atoms with Crippen LogP contribution in [-0.4, -0.2) is 59.0 Å². The standard InChI is InChI=1S/C18H28N4O2.ClH/c23-17(21-10-11-24-18(14-21)6-1-2-7-18)13-22-9-5-16(20-22)15-4-3-8-19-12-15;/h5,9,15,19H,1-4,6-8,10-14H2;1H. The molecule has 7 heteroatoms. The van der Waals surface area contributed by atoms with Crippen molar-refractivity contribution in [1.29, 1.82) is 0 Å². The highest BCUT2D eigenvalue weighted by molar-refractivity contribution is 5.85. The van der Waals surface area contributed by atoms with E-state index in [1.165, 1.54) is 25.7 Å². The van der Waals surface area contributed by atoms with Crippen LogP contribution in [0.2, 0.25) is 0 Å². The molecule has 1 aromatic rings. The molecule has 1 aromatic heterocycles. The molecule has 2 aliphatic heterocycles. The summed E-state index contributed by atoms with van der Waals surface area (Å²) in [7, 11) is 0. The molecule has 1 aliphatic carbocycles. The van der Waals surface area contributed by atoms with Crippen LogP contribution in [0.5, 0.6) is 0 Å². The second-order valence-corrected chi connectivity index (χ2v) is 7.54. The second kappa shape index (κ2) is 8.06.